The van der Waals surface area contributed by atoms with Crippen molar-refractivity contribution in [3.05, 3.63) is 21.3 Å². The Balaban J connectivity index is 1.82. The van der Waals surface area contributed by atoms with E-state index in [1.165, 1.54) is 37.0 Å². The summed E-state index contributed by atoms with van der Waals surface area (Å²) < 4.78 is 6.31. The number of hydrogen-bond donors (Lipinski definition) is 0. The Morgan fingerprint density at radius 3 is 2.82 bits per heavy atom. The Morgan fingerprint density at radius 2 is 2.24 bits per heavy atom. The second-order valence-corrected chi connectivity index (χ2v) is 6.31. The first-order chi connectivity index (χ1) is 8.16. The van der Waals surface area contributed by atoms with Gasteiger partial charge in [-0.3, -0.25) is 4.79 Å². The van der Waals surface area contributed by atoms with E-state index in [1.807, 2.05) is 6.92 Å². The SMILES string of the molecule is CC(OCC1CCCC1)C(=O)c1ccc(Cl)s1. The highest BCUT2D eigenvalue weighted by Crippen LogP contribution is 2.26. The van der Waals surface area contributed by atoms with Crippen molar-refractivity contribution in [2.45, 2.75) is 38.7 Å². The van der Waals surface area contributed by atoms with Gasteiger partial charge in [0.05, 0.1) is 15.8 Å². The van der Waals surface area contributed by atoms with E-state index in [-0.39, 0.29) is 11.9 Å². The fraction of sp³-hybridized carbons (Fsp3) is 0.615. The summed E-state index contributed by atoms with van der Waals surface area (Å²) in [6, 6.07) is 3.52. The molecule has 0 amide bonds. The standard InChI is InChI=1S/C13H17ClO2S/c1-9(16-8-10-4-2-3-5-10)13(15)11-6-7-12(14)17-11/h6-7,9-10H,2-5,8H2,1H3. The second-order valence-electron chi connectivity index (χ2n) is 4.59. The lowest BCUT2D eigenvalue weighted by Crippen LogP contribution is -2.22. The lowest BCUT2D eigenvalue weighted by atomic mass is 10.1. The molecule has 0 radical (unpaired) electrons. The smallest absolute Gasteiger partial charge is 0.201 e. The predicted octanol–water partition coefficient (Wildman–Crippen LogP) is 4.18. The average molecular weight is 273 g/mol. The van der Waals surface area contributed by atoms with E-state index in [9.17, 15) is 4.79 Å². The Morgan fingerprint density at radius 1 is 1.53 bits per heavy atom. The van der Waals surface area contributed by atoms with Gasteiger partial charge in [0.25, 0.3) is 0 Å². The van der Waals surface area contributed by atoms with Crippen LogP contribution in [0.2, 0.25) is 4.34 Å². The summed E-state index contributed by atoms with van der Waals surface area (Å²) in [7, 11) is 0. The van der Waals surface area contributed by atoms with Gasteiger partial charge in [-0.2, -0.15) is 0 Å². The summed E-state index contributed by atoms with van der Waals surface area (Å²) in [6.07, 6.45) is 4.73. The molecule has 1 aromatic heterocycles. The molecule has 0 spiro atoms. The molecule has 1 fully saturated rings. The normalized spacial score (nSPS) is 18.5. The monoisotopic (exact) mass is 272 g/mol. The third kappa shape index (κ3) is 3.54. The minimum absolute atomic E-state index is 0.0416. The summed E-state index contributed by atoms with van der Waals surface area (Å²) in [5, 5.41) is 0. The van der Waals surface area contributed by atoms with E-state index in [0.717, 1.165) is 0 Å². The summed E-state index contributed by atoms with van der Waals surface area (Å²) in [5.74, 6) is 0.692. The van der Waals surface area contributed by atoms with E-state index in [4.69, 9.17) is 16.3 Å². The van der Waals surface area contributed by atoms with Crippen molar-refractivity contribution >= 4 is 28.7 Å². The van der Waals surface area contributed by atoms with Gasteiger partial charge >= 0.3 is 0 Å². The summed E-state index contributed by atoms with van der Waals surface area (Å²) in [5.41, 5.74) is 0. The Bertz CT molecular complexity index is 383. The molecule has 2 rings (SSSR count). The number of rotatable bonds is 5. The fourth-order valence-corrected chi connectivity index (χ4v) is 3.24. The van der Waals surface area contributed by atoms with Crippen LogP contribution in [0.3, 0.4) is 0 Å². The van der Waals surface area contributed by atoms with Crippen LogP contribution in [0.4, 0.5) is 0 Å². The molecule has 1 aromatic rings. The molecule has 4 heteroatoms. The van der Waals surface area contributed by atoms with Gasteiger partial charge in [0, 0.05) is 0 Å². The Kier molecular flexibility index (Phi) is 4.60. The molecule has 0 bridgehead atoms. The van der Waals surface area contributed by atoms with Crippen molar-refractivity contribution in [1.82, 2.24) is 0 Å². The van der Waals surface area contributed by atoms with Crippen LogP contribution in [0.1, 0.15) is 42.3 Å². The number of carbonyl (C=O) groups excluding carboxylic acids is 1. The zero-order valence-corrected chi connectivity index (χ0v) is 11.5. The number of carbonyl (C=O) groups is 1. The van der Waals surface area contributed by atoms with E-state index in [1.54, 1.807) is 12.1 Å². The molecule has 1 atom stereocenters. The van der Waals surface area contributed by atoms with Crippen LogP contribution >= 0.6 is 22.9 Å². The van der Waals surface area contributed by atoms with E-state index in [2.05, 4.69) is 0 Å². The lowest BCUT2D eigenvalue weighted by molar-refractivity contribution is 0.0354. The molecule has 0 aromatic carbocycles. The van der Waals surface area contributed by atoms with Gasteiger partial charge in [0.15, 0.2) is 0 Å². The van der Waals surface area contributed by atoms with Crippen LogP contribution in [0, 0.1) is 5.92 Å². The second kappa shape index (κ2) is 5.98. The van der Waals surface area contributed by atoms with Crippen molar-refractivity contribution < 1.29 is 9.53 Å². The van der Waals surface area contributed by atoms with Crippen LogP contribution in [0.15, 0.2) is 12.1 Å². The molecule has 94 valence electrons. The molecule has 1 heterocycles. The molecule has 0 saturated heterocycles. The number of hydrogen-bond acceptors (Lipinski definition) is 3. The van der Waals surface area contributed by atoms with Crippen LogP contribution in [-0.2, 0) is 4.74 Å². The minimum Gasteiger partial charge on any atom is -0.370 e. The third-order valence-electron chi connectivity index (χ3n) is 3.24. The molecule has 1 aliphatic carbocycles. The molecule has 17 heavy (non-hydrogen) atoms. The zero-order chi connectivity index (χ0) is 12.3. The first-order valence-corrected chi connectivity index (χ1v) is 7.27. The number of ketones is 1. The van der Waals surface area contributed by atoms with Crippen LogP contribution in [0.25, 0.3) is 0 Å². The maximum atomic E-state index is 12.0. The van der Waals surface area contributed by atoms with Gasteiger partial charge < -0.3 is 4.74 Å². The first kappa shape index (κ1) is 13.1. The lowest BCUT2D eigenvalue weighted by Gasteiger charge is -2.14. The summed E-state index contributed by atoms with van der Waals surface area (Å²) in [4.78, 5) is 12.7. The van der Waals surface area contributed by atoms with E-state index < -0.39 is 0 Å². The van der Waals surface area contributed by atoms with E-state index >= 15 is 0 Å². The maximum Gasteiger partial charge on any atom is 0.201 e. The molecule has 0 aliphatic heterocycles. The van der Waals surface area contributed by atoms with Crippen LogP contribution in [-0.4, -0.2) is 18.5 Å². The van der Waals surface area contributed by atoms with Crippen molar-refractivity contribution in [1.29, 1.82) is 0 Å². The third-order valence-corrected chi connectivity index (χ3v) is 4.49. The fourth-order valence-electron chi connectivity index (χ4n) is 2.18. The highest BCUT2D eigenvalue weighted by Gasteiger charge is 2.21. The molecule has 2 nitrogen and oxygen atoms in total. The van der Waals surface area contributed by atoms with Gasteiger partial charge in [-0.1, -0.05) is 24.4 Å². The highest BCUT2D eigenvalue weighted by atomic mass is 35.5. The topological polar surface area (TPSA) is 26.3 Å². The summed E-state index contributed by atoms with van der Waals surface area (Å²) in [6.45, 7) is 2.54. The molecular weight excluding hydrogens is 256 g/mol. The van der Waals surface area contributed by atoms with Crippen LogP contribution < -0.4 is 0 Å². The number of halogens is 1. The van der Waals surface area contributed by atoms with Crippen molar-refractivity contribution in [2.75, 3.05) is 6.61 Å². The van der Waals surface area contributed by atoms with Crippen molar-refractivity contribution in [3.63, 3.8) is 0 Å². The Hall–Kier alpha value is -0.380. The van der Waals surface area contributed by atoms with Gasteiger partial charge in [0.1, 0.15) is 6.10 Å². The molecule has 1 aliphatic rings. The first-order valence-electron chi connectivity index (χ1n) is 6.08. The quantitative estimate of drug-likeness (QED) is 0.752. The van der Waals surface area contributed by atoms with Crippen LogP contribution in [0.5, 0.6) is 0 Å². The largest absolute Gasteiger partial charge is 0.370 e. The average Bonchev–Trinajstić information content (AvgIpc) is 2.95. The molecule has 0 N–H and O–H groups in total. The predicted molar refractivity (Wildman–Crippen MR) is 71.0 cm³/mol. The molecule has 1 saturated carbocycles. The summed E-state index contributed by atoms with van der Waals surface area (Å²) >= 11 is 7.13. The number of thiophene rings is 1. The number of Topliss-reactive ketones (excluding diaryl/α,β-unsaturated/α-hetero) is 1. The van der Waals surface area contributed by atoms with Crippen molar-refractivity contribution in [2.24, 2.45) is 5.92 Å². The Labute approximate surface area is 111 Å². The van der Waals surface area contributed by atoms with Gasteiger partial charge in [0.2, 0.25) is 5.78 Å². The van der Waals surface area contributed by atoms with E-state index in [0.29, 0.717) is 21.7 Å². The minimum atomic E-state index is -0.356. The molecular formula is C13H17ClO2S. The number of ether oxygens (including phenoxy) is 1. The van der Waals surface area contributed by atoms with Crippen molar-refractivity contribution in [3.8, 4) is 0 Å². The highest BCUT2D eigenvalue weighted by molar-refractivity contribution is 7.18. The maximum absolute atomic E-state index is 12.0. The van der Waals surface area contributed by atoms with Gasteiger partial charge in [-0.05, 0) is 37.8 Å². The van der Waals surface area contributed by atoms with Gasteiger partial charge in [-0.15, -0.1) is 11.3 Å². The zero-order valence-electron chi connectivity index (χ0n) is 9.95. The molecule has 1 unspecified atom stereocenters. The van der Waals surface area contributed by atoms with Gasteiger partial charge in [-0.25, -0.2) is 0 Å².